The number of hydrogen-bond donors (Lipinski definition) is 0. The highest BCUT2D eigenvalue weighted by Gasteiger charge is 2.00. The van der Waals surface area contributed by atoms with Crippen molar-refractivity contribution in [3.05, 3.63) is 0 Å². The van der Waals surface area contributed by atoms with Gasteiger partial charge in [-0.3, -0.25) is 0 Å². The average molecular weight is 200 g/mol. The van der Waals surface area contributed by atoms with E-state index in [1.54, 1.807) is 7.11 Å². The Morgan fingerprint density at radius 2 is 2.00 bits per heavy atom. The van der Waals surface area contributed by atoms with Gasteiger partial charge in [-0.1, -0.05) is 6.92 Å². The highest BCUT2D eigenvalue weighted by atomic mass is 16.5. The maximum Gasteiger partial charge on any atom is 0.0700 e. The van der Waals surface area contributed by atoms with Gasteiger partial charge in [-0.05, 0) is 6.54 Å². The molecule has 0 unspecified atom stereocenters. The lowest BCUT2D eigenvalue weighted by Crippen LogP contribution is -2.28. The van der Waals surface area contributed by atoms with Crippen molar-refractivity contribution in [2.24, 2.45) is 0 Å². The topological polar surface area (TPSA) is 45.5 Å². The lowest BCUT2D eigenvalue weighted by molar-refractivity contribution is 0.0582. The molecular formula is C10H20N2O2. The van der Waals surface area contributed by atoms with E-state index in [9.17, 15) is 0 Å². The Labute approximate surface area is 86.4 Å². The fourth-order valence-electron chi connectivity index (χ4n) is 1.07. The summed E-state index contributed by atoms with van der Waals surface area (Å²) in [6.45, 7) is 6.78. The first-order chi connectivity index (χ1) is 6.85. The van der Waals surface area contributed by atoms with Gasteiger partial charge in [-0.15, -0.1) is 0 Å². The molecule has 82 valence electrons. The summed E-state index contributed by atoms with van der Waals surface area (Å²) in [6, 6.07) is 2.14. The van der Waals surface area contributed by atoms with Gasteiger partial charge in [0, 0.05) is 26.6 Å². The van der Waals surface area contributed by atoms with E-state index in [4.69, 9.17) is 14.7 Å². The second-order valence-corrected chi connectivity index (χ2v) is 2.95. The summed E-state index contributed by atoms with van der Waals surface area (Å²) in [4.78, 5) is 2.20. The zero-order chi connectivity index (χ0) is 10.6. The van der Waals surface area contributed by atoms with Crippen molar-refractivity contribution in [2.45, 2.75) is 13.3 Å². The van der Waals surface area contributed by atoms with E-state index in [1.165, 1.54) is 0 Å². The van der Waals surface area contributed by atoms with Crippen LogP contribution < -0.4 is 0 Å². The fourth-order valence-corrected chi connectivity index (χ4v) is 1.07. The maximum atomic E-state index is 8.43. The van der Waals surface area contributed by atoms with Crippen LogP contribution in [-0.4, -0.2) is 51.5 Å². The van der Waals surface area contributed by atoms with Crippen LogP contribution in [0.2, 0.25) is 0 Å². The van der Waals surface area contributed by atoms with Crippen LogP contribution in [0.5, 0.6) is 0 Å². The van der Waals surface area contributed by atoms with Crippen molar-refractivity contribution in [3.8, 4) is 6.07 Å². The van der Waals surface area contributed by atoms with Crippen molar-refractivity contribution in [1.82, 2.24) is 4.90 Å². The number of likely N-dealkylation sites (N-methyl/N-ethyl adjacent to an activating group) is 1. The summed E-state index contributed by atoms with van der Waals surface area (Å²) in [7, 11) is 1.66. The number of ether oxygens (including phenoxy) is 2. The molecule has 0 aromatic rings. The summed E-state index contributed by atoms with van der Waals surface area (Å²) < 4.78 is 10.2. The van der Waals surface area contributed by atoms with E-state index >= 15 is 0 Å². The third-order valence-electron chi connectivity index (χ3n) is 1.97. The molecule has 0 aromatic carbocycles. The van der Waals surface area contributed by atoms with Crippen LogP contribution in [0.3, 0.4) is 0 Å². The van der Waals surface area contributed by atoms with E-state index in [-0.39, 0.29) is 0 Å². The lowest BCUT2D eigenvalue weighted by Gasteiger charge is -2.18. The molecule has 4 heteroatoms. The zero-order valence-corrected chi connectivity index (χ0v) is 9.16. The van der Waals surface area contributed by atoms with Crippen molar-refractivity contribution in [3.63, 3.8) is 0 Å². The Balaban J connectivity index is 3.29. The summed E-state index contributed by atoms with van der Waals surface area (Å²) in [6.07, 6.45) is 0.589. The molecule has 0 saturated carbocycles. The van der Waals surface area contributed by atoms with E-state index in [0.29, 0.717) is 26.2 Å². The molecule has 0 radical (unpaired) electrons. The standard InChI is InChI=1S/C10H20N2O2/c1-3-12(6-4-5-11)7-8-14-10-9-13-2/h3-4,6-10H2,1-2H3. The summed E-state index contributed by atoms with van der Waals surface area (Å²) in [5.41, 5.74) is 0. The quantitative estimate of drug-likeness (QED) is 0.518. The van der Waals surface area contributed by atoms with Crippen LogP contribution in [0, 0.1) is 11.3 Å². The van der Waals surface area contributed by atoms with Crippen LogP contribution in [0.15, 0.2) is 0 Å². The summed E-state index contributed by atoms with van der Waals surface area (Å²) in [5.74, 6) is 0. The van der Waals surface area contributed by atoms with Crippen LogP contribution in [-0.2, 0) is 9.47 Å². The predicted molar refractivity (Wildman–Crippen MR) is 55.0 cm³/mol. The number of rotatable bonds is 9. The molecule has 0 aliphatic rings. The fraction of sp³-hybridized carbons (Fsp3) is 0.900. The molecule has 14 heavy (non-hydrogen) atoms. The van der Waals surface area contributed by atoms with Crippen molar-refractivity contribution >= 4 is 0 Å². The monoisotopic (exact) mass is 200 g/mol. The largest absolute Gasteiger partial charge is 0.382 e. The first-order valence-corrected chi connectivity index (χ1v) is 5.01. The van der Waals surface area contributed by atoms with Gasteiger partial charge < -0.3 is 14.4 Å². The Bertz CT molecular complexity index is 157. The van der Waals surface area contributed by atoms with Gasteiger partial charge in [0.15, 0.2) is 0 Å². The number of nitrogens with zero attached hydrogens (tertiary/aromatic N) is 2. The van der Waals surface area contributed by atoms with Gasteiger partial charge in [-0.25, -0.2) is 0 Å². The lowest BCUT2D eigenvalue weighted by atomic mass is 10.4. The first kappa shape index (κ1) is 13.4. The van der Waals surface area contributed by atoms with Crippen molar-refractivity contribution < 1.29 is 9.47 Å². The minimum Gasteiger partial charge on any atom is -0.382 e. The molecule has 0 atom stereocenters. The summed E-state index contributed by atoms with van der Waals surface area (Å²) >= 11 is 0. The Morgan fingerprint density at radius 3 is 2.57 bits per heavy atom. The third-order valence-corrected chi connectivity index (χ3v) is 1.97. The van der Waals surface area contributed by atoms with Gasteiger partial charge in [0.05, 0.1) is 25.9 Å². The second-order valence-electron chi connectivity index (χ2n) is 2.95. The van der Waals surface area contributed by atoms with Crippen LogP contribution in [0.25, 0.3) is 0 Å². The molecule has 0 fully saturated rings. The molecule has 0 amide bonds. The minimum atomic E-state index is 0.589. The molecule has 0 aliphatic carbocycles. The molecule has 0 saturated heterocycles. The third kappa shape index (κ3) is 7.99. The predicted octanol–water partition coefficient (Wildman–Crippen LogP) is 0.885. The highest BCUT2D eigenvalue weighted by Crippen LogP contribution is 1.90. The molecule has 0 spiro atoms. The molecule has 0 N–H and O–H groups in total. The minimum absolute atomic E-state index is 0.589. The van der Waals surface area contributed by atoms with Gasteiger partial charge in [0.25, 0.3) is 0 Å². The highest BCUT2D eigenvalue weighted by molar-refractivity contribution is 4.71. The van der Waals surface area contributed by atoms with E-state index < -0.39 is 0 Å². The van der Waals surface area contributed by atoms with Crippen LogP contribution >= 0.6 is 0 Å². The van der Waals surface area contributed by atoms with Crippen molar-refractivity contribution in [2.75, 3.05) is 46.6 Å². The second kappa shape index (κ2) is 10.5. The average Bonchev–Trinajstić information content (AvgIpc) is 2.22. The normalized spacial score (nSPS) is 10.4. The SMILES string of the molecule is CCN(CCC#N)CCOCCOC. The molecule has 0 heterocycles. The van der Waals surface area contributed by atoms with Gasteiger partial charge in [0.2, 0.25) is 0 Å². The molecule has 0 rings (SSSR count). The van der Waals surface area contributed by atoms with E-state index in [0.717, 1.165) is 19.6 Å². The van der Waals surface area contributed by atoms with Gasteiger partial charge in [0.1, 0.15) is 0 Å². The van der Waals surface area contributed by atoms with E-state index in [1.807, 2.05) is 0 Å². The van der Waals surface area contributed by atoms with E-state index in [2.05, 4.69) is 17.9 Å². The number of hydrogen-bond acceptors (Lipinski definition) is 4. The Kier molecular flexibility index (Phi) is 9.98. The zero-order valence-electron chi connectivity index (χ0n) is 9.16. The van der Waals surface area contributed by atoms with Crippen LogP contribution in [0.4, 0.5) is 0 Å². The number of nitriles is 1. The smallest absolute Gasteiger partial charge is 0.0700 e. The molecule has 4 nitrogen and oxygen atoms in total. The molecule has 0 aliphatic heterocycles. The molecule has 0 aromatic heterocycles. The Morgan fingerprint density at radius 1 is 1.21 bits per heavy atom. The van der Waals surface area contributed by atoms with Gasteiger partial charge >= 0.3 is 0 Å². The maximum absolute atomic E-state index is 8.43. The number of methoxy groups -OCH3 is 1. The molecule has 0 bridgehead atoms. The first-order valence-electron chi connectivity index (χ1n) is 5.01. The molecular weight excluding hydrogens is 180 g/mol. The van der Waals surface area contributed by atoms with Gasteiger partial charge in [-0.2, -0.15) is 5.26 Å². The van der Waals surface area contributed by atoms with Crippen molar-refractivity contribution in [1.29, 1.82) is 5.26 Å². The summed E-state index contributed by atoms with van der Waals surface area (Å²) in [5, 5.41) is 8.43. The Hall–Kier alpha value is -0.630. The van der Waals surface area contributed by atoms with Crippen LogP contribution in [0.1, 0.15) is 13.3 Å².